The van der Waals surface area contributed by atoms with Crippen molar-refractivity contribution in [1.82, 2.24) is 0 Å². The topological polar surface area (TPSA) is 29.1 Å². The van der Waals surface area contributed by atoms with Crippen molar-refractivity contribution in [2.75, 3.05) is 5.32 Å². The molecule has 0 bridgehead atoms. The molecule has 0 aliphatic rings. The Labute approximate surface area is 242 Å². The highest BCUT2D eigenvalue weighted by molar-refractivity contribution is 5.94. The van der Waals surface area contributed by atoms with Crippen molar-refractivity contribution in [3.05, 3.63) is 105 Å². The Morgan fingerprint density at radius 3 is 2.17 bits per heavy atom. The van der Waals surface area contributed by atoms with Gasteiger partial charge in [-0.3, -0.25) is 4.79 Å². The van der Waals surface area contributed by atoms with E-state index in [1.165, 1.54) is 23.6 Å². The highest BCUT2D eigenvalue weighted by Crippen LogP contribution is 2.33. The lowest BCUT2D eigenvalue weighted by Crippen LogP contribution is -2.19. The van der Waals surface area contributed by atoms with Crippen LogP contribution in [-0.2, 0) is 36.7 Å². The van der Waals surface area contributed by atoms with Crippen molar-refractivity contribution < 1.29 is 22.4 Å². The minimum atomic E-state index is -4.82. The lowest BCUT2D eigenvalue weighted by Gasteiger charge is -2.19. The summed E-state index contributed by atoms with van der Waals surface area (Å²) in [4.78, 5) is 12.9. The van der Waals surface area contributed by atoms with Crippen molar-refractivity contribution >= 4 is 17.2 Å². The number of halogens is 4. The zero-order valence-corrected chi connectivity index (χ0v) is 25.2. The summed E-state index contributed by atoms with van der Waals surface area (Å²) >= 11 is 0. The summed E-state index contributed by atoms with van der Waals surface area (Å²) in [7, 11) is 0. The first-order valence-electron chi connectivity index (χ1n) is 14.4. The van der Waals surface area contributed by atoms with Gasteiger partial charge in [0.2, 0.25) is 5.91 Å². The predicted molar refractivity (Wildman–Crippen MR) is 163 cm³/mol. The number of aryl methyl sites for hydroxylation is 4. The molecule has 1 amide bonds. The van der Waals surface area contributed by atoms with Gasteiger partial charge in [0, 0.05) is 5.69 Å². The van der Waals surface area contributed by atoms with Gasteiger partial charge in [0.15, 0.2) is 0 Å². The Hall–Kier alpha value is -3.41. The van der Waals surface area contributed by atoms with Crippen LogP contribution in [-0.4, -0.2) is 5.91 Å². The van der Waals surface area contributed by atoms with Crippen molar-refractivity contribution in [2.24, 2.45) is 0 Å². The van der Waals surface area contributed by atoms with E-state index in [2.05, 4.69) is 63.9 Å². The molecular formula is C35H43F4NO. The van der Waals surface area contributed by atoms with Crippen molar-refractivity contribution in [2.45, 2.75) is 92.7 Å². The Bertz CT molecular complexity index is 1340. The molecular weight excluding hydrogens is 526 g/mol. The van der Waals surface area contributed by atoms with Gasteiger partial charge in [0.25, 0.3) is 0 Å². The van der Waals surface area contributed by atoms with Crippen LogP contribution < -0.4 is 5.32 Å². The van der Waals surface area contributed by atoms with E-state index in [-0.39, 0.29) is 5.56 Å². The van der Waals surface area contributed by atoms with Gasteiger partial charge < -0.3 is 5.32 Å². The second-order valence-electron chi connectivity index (χ2n) is 10.5. The molecule has 0 aliphatic carbocycles. The number of hydrogen-bond donors (Lipinski definition) is 1. The molecule has 0 radical (unpaired) electrons. The molecule has 0 aromatic heterocycles. The van der Waals surface area contributed by atoms with Gasteiger partial charge in [-0.1, -0.05) is 89.6 Å². The number of carbonyl (C=O) groups is 1. The summed E-state index contributed by atoms with van der Waals surface area (Å²) in [5, 5.41) is 2.87. The van der Waals surface area contributed by atoms with Gasteiger partial charge in [-0.15, -0.1) is 0 Å². The number of hydrogen-bond acceptors (Lipinski definition) is 1. The van der Waals surface area contributed by atoms with E-state index in [0.29, 0.717) is 11.8 Å². The van der Waals surface area contributed by atoms with Crippen LogP contribution in [0.5, 0.6) is 0 Å². The molecule has 222 valence electrons. The monoisotopic (exact) mass is 569 g/mol. The van der Waals surface area contributed by atoms with Crippen LogP contribution in [0.15, 0.2) is 55.1 Å². The third kappa shape index (κ3) is 9.31. The molecule has 3 aromatic rings. The highest BCUT2D eigenvalue weighted by atomic mass is 19.4. The maximum atomic E-state index is 14.5. The minimum Gasteiger partial charge on any atom is -0.325 e. The summed E-state index contributed by atoms with van der Waals surface area (Å²) in [6.07, 6.45) is -0.0394. The number of carbonyl (C=O) groups excluding carboxylic acids is 1. The molecule has 0 atom stereocenters. The lowest BCUT2D eigenvalue weighted by atomic mass is 9.90. The number of amides is 1. The number of alkyl halides is 3. The van der Waals surface area contributed by atoms with Gasteiger partial charge in [0.1, 0.15) is 5.82 Å². The minimum absolute atomic E-state index is 0.288. The molecule has 3 rings (SSSR count). The molecule has 0 unspecified atom stereocenters. The third-order valence-electron chi connectivity index (χ3n) is 6.89. The summed E-state index contributed by atoms with van der Waals surface area (Å²) in [5.74, 6) is -1.97. The van der Waals surface area contributed by atoms with Gasteiger partial charge in [-0.05, 0) is 90.1 Å². The standard InChI is InChI=1S/C32H35F4NO.C3H8/c1-6-9-27-24(15-12-20(3)26-17-14-23(7-2)18-22(26)5)16-13-21(4)31(27)37-29(38)19-25-10-8-11-28(30(25)33)32(34,35)36;1-3-2/h8,10-11,13-14,16-18H,3,6-7,9,12,15,19H2,1-2,4-5H3,(H,37,38);3H2,1-2H3. The molecule has 41 heavy (non-hydrogen) atoms. The second kappa shape index (κ2) is 15.6. The molecule has 3 aromatic carbocycles. The first-order valence-corrected chi connectivity index (χ1v) is 14.4. The smallest absolute Gasteiger partial charge is 0.325 e. The zero-order chi connectivity index (χ0) is 30.7. The number of anilines is 1. The Morgan fingerprint density at radius 1 is 0.902 bits per heavy atom. The molecule has 0 fully saturated rings. The van der Waals surface area contributed by atoms with E-state index in [1.54, 1.807) is 0 Å². The van der Waals surface area contributed by atoms with Gasteiger partial charge in [-0.2, -0.15) is 13.2 Å². The van der Waals surface area contributed by atoms with Crippen molar-refractivity contribution in [3.8, 4) is 0 Å². The number of rotatable bonds is 10. The van der Waals surface area contributed by atoms with E-state index in [1.807, 2.05) is 19.9 Å². The van der Waals surface area contributed by atoms with Crippen LogP contribution in [0.25, 0.3) is 5.57 Å². The average molecular weight is 570 g/mol. The molecule has 0 spiro atoms. The number of allylic oxidation sites excluding steroid dienone is 1. The molecule has 6 heteroatoms. The molecule has 0 heterocycles. The highest BCUT2D eigenvalue weighted by Gasteiger charge is 2.35. The fourth-order valence-corrected chi connectivity index (χ4v) is 4.81. The molecule has 0 saturated heterocycles. The quantitative estimate of drug-likeness (QED) is 0.242. The fraction of sp³-hybridized carbons (Fsp3) is 0.400. The fourth-order valence-electron chi connectivity index (χ4n) is 4.81. The van der Waals surface area contributed by atoms with E-state index in [9.17, 15) is 22.4 Å². The summed E-state index contributed by atoms with van der Waals surface area (Å²) in [6.45, 7) is 16.7. The van der Waals surface area contributed by atoms with Crippen LogP contribution in [0.2, 0.25) is 0 Å². The molecule has 1 N–H and O–H groups in total. The van der Waals surface area contributed by atoms with Crippen LogP contribution in [0, 0.1) is 19.7 Å². The van der Waals surface area contributed by atoms with Crippen molar-refractivity contribution in [3.63, 3.8) is 0 Å². The van der Waals surface area contributed by atoms with E-state index in [4.69, 9.17) is 0 Å². The molecule has 0 saturated carbocycles. The summed E-state index contributed by atoms with van der Waals surface area (Å²) < 4.78 is 53.8. The van der Waals surface area contributed by atoms with Gasteiger partial charge in [-0.25, -0.2) is 4.39 Å². The van der Waals surface area contributed by atoms with Gasteiger partial charge in [0.05, 0.1) is 12.0 Å². The summed E-state index contributed by atoms with van der Waals surface area (Å²) in [6, 6.07) is 13.4. The first-order chi connectivity index (χ1) is 19.4. The van der Waals surface area contributed by atoms with Gasteiger partial charge >= 0.3 is 6.18 Å². The SMILES string of the molecule is C=C(CCc1ccc(C)c(NC(=O)Cc2cccc(C(F)(F)F)c2F)c1CCC)c1ccc(CC)cc1C.CCC. The van der Waals surface area contributed by atoms with Crippen LogP contribution in [0.4, 0.5) is 23.2 Å². The third-order valence-corrected chi connectivity index (χ3v) is 6.89. The average Bonchev–Trinajstić information content (AvgIpc) is 2.91. The largest absolute Gasteiger partial charge is 0.419 e. The Balaban J connectivity index is 0.00000187. The maximum absolute atomic E-state index is 14.5. The first kappa shape index (κ1) is 33.8. The zero-order valence-electron chi connectivity index (χ0n) is 25.2. The molecule has 2 nitrogen and oxygen atoms in total. The van der Waals surface area contributed by atoms with Crippen molar-refractivity contribution in [1.29, 1.82) is 0 Å². The van der Waals surface area contributed by atoms with E-state index >= 15 is 0 Å². The summed E-state index contributed by atoms with van der Waals surface area (Å²) in [5.41, 5.74) is 6.59. The van der Waals surface area contributed by atoms with E-state index < -0.39 is 29.9 Å². The normalized spacial score (nSPS) is 11.1. The lowest BCUT2D eigenvalue weighted by molar-refractivity contribution is -0.140. The maximum Gasteiger partial charge on any atom is 0.419 e. The predicted octanol–water partition coefficient (Wildman–Crippen LogP) is 10.2. The van der Waals surface area contributed by atoms with Crippen LogP contribution in [0.1, 0.15) is 91.5 Å². The number of benzene rings is 3. The van der Waals surface area contributed by atoms with E-state index in [0.717, 1.165) is 66.0 Å². The Morgan fingerprint density at radius 2 is 1.59 bits per heavy atom. The van der Waals surface area contributed by atoms with Crippen LogP contribution >= 0.6 is 0 Å². The Kier molecular flexibility index (Phi) is 12.8. The molecule has 0 aliphatic heterocycles. The number of nitrogens with one attached hydrogen (secondary N) is 1. The second-order valence-corrected chi connectivity index (χ2v) is 10.5. The van der Waals surface area contributed by atoms with Crippen LogP contribution in [0.3, 0.4) is 0 Å².